The molecule has 1 aromatic carbocycles. The molecule has 0 radical (unpaired) electrons. The van der Waals surface area contributed by atoms with Crippen molar-refractivity contribution in [2.45, 2.75) is 33.2 Å². The SMILES string of the molecule is CC1=C(C(=O)NCc2nc(-c3cccc(NC(=O)CCc4cccnc4)c3)oc2C)OCCO1. The number of ether oxygens (including phenoxy) is 2. The van der Waals surface area contributed by atoms with E-state index >= 15 is 0 Å². The largest absolute Gasteiger partial charge is 0.491 e. The maximum Gasteiger partial charge on any atom is 0.290 e. The molecule has 0 aliphatic carbocycles. The smallest absolute Gasteiger partial charge is 0.290 e. The zero-order valence-electron chi connectivity index (χ0n) is 19.1. The van der Waals surface area contributed by atoms with Gasteiger partial charge in [-0.1, -0.05) is 12.1 Å². The number of benzene rings is 1. The number of rotatable bonds is 8. The molecule has 3 aromatic rings. The van der Waals surface area contributed by atoms with Crippen molar-refractivity contribution in [3.05, 3.63) is 77.3 Å². The highest BCUT2D eigenvalue weighted by Crippen LogP contribution is 2.25. The molecule has 2 amide bonds. The molecule has 34 heavy (non-hydrogen) atoms. The number of nitrogens with zero attached hydrogens (tertiary/aromatic N) is 2. The first-order chi connectivity index (χ1) is 16.5. The summed E-state index contributed by atoms with van der Waals surface area (Å²) < 4.78 is 16.6. The Hall–Kier alpha value is -4.14. The number of aryl methyl sites for hydroxylation is 2. The minimum Gasteiger partial charge on any atom is -0.491 e. The van der Waals surface area contributed by atoms with Crippen LogP contribution in [0.25, 0.3) is 11.5 Å². The van der Waals surface area contributed by atoms with Gasteiger partial charge in [0.15, 0.2) is 0 Å². The Bertz CT molecular complexity index is 1200. The van der Waals surface area contributed by atoms with Crippen LogP contribution in [0, 0.1) is 6.92 Å². The van der Waals surface area contributed by atoms with Crippen molar-refractivity contribution in [1.29, 1.82) is 0 Å². The predicted molar refractivity (Wildman–Crippen MR) is 124 cm³/mol. The lowest BCUT2D eigenvalue weighted by Crippen LogP contribution is -2.29. The number of pyridine rings is 1. The van der Waals surface area contributed by atoms with Gasteiger partial charge in [-0.15, -0.1) is 0 Å². The summed E-state index contributed by atoms with van der Waals surface area (Å²) in [4.78, 5) is 33.3. The van der Waals surface area contributed by atoms with E-state index in [1.54, 1.807) is 32.3 Å². The first kappa shape index (κ1) is 23.0. The number of anilines is 1. The monoisotopic (exact) mass is 462 g/mol. The van der Waals surface area contributed by atoms with E-state index in [9.17, 15) is 9.59 Å². The van der Waals surface area contributed by atoms with Crippen molar-refractivity contribution in [2.24, 2.45) is 0 Å². The highest BCUT2D eigenvalue weighted by molar-refractivity contribution is 5.92. The Morgan fingerprint density at radius 2 is 1.94 bits per heavy atom. The molecule has 9 heteroatoms. The van der Waals surface area contributed by atoms with Crippen LogP contribution in [0.4, 0.5) is 5.69 Å². The zero-order valence-corrected chi connectivity index (χ0v) is 19.1. The van der Waals surface area contributed by atoms with Crippen LogP contribution in [0.5, 0.6) is 0 Å². The summed E-state index contributed by atoms with van der Waals surface area (Å²) in [5.74, 6) is 1.18. The standard InChI is InChI=1S/C25H26N4O5/c1-16-21(15-27-24(31)23-17(2)32-11-12-33-23)29-25(34-16)19-6-3-7-20(13-19)28-22(30)9-8-18-5-4-10-26-14-18/h3-7,10,13-14H,8-9,11-12,15H2,1-2H3,(H,27,31)(H,28,30). The number of aromatic nitrogens is 2. The van der Waals surface area contributed by atoms with E-state index in [-0.39, 0.29) is 24.1 Å². The van der Waals surface area contributed by atoms with Gasteiger partial charge >= 0.3 is 0 Å². The summed E-state index contributed by atoms with van der Waals surface area (Å²) in [7, 11) is 0. The summed E-state index contributed by atoms with van der Waals surface area (Å²) in [5.41, 5.74) is 2.98. The number of carbonyl (C=O) groups excluding carboxylic acids is 2. The Kier molecular flexibility index (Phi) is 7.22. The Morgan fingerprint density at radius 1 is 1.09 bits per heavy atom. The van der Waals surface area contributed by atoms with Gasteiger partial charge in [0.05, 0.1) is 6.54 Å². The maximum atomic E-state index is 12.4. The molecule has 0 saturated heterocycles. The number of nitrogens with one attached hydrogen (secondary N) is 2. The molecule has 0 unspecified atom stereocenters. The van der Waals surface area contributed by atoms with Gasteiger partial charge in [0, 0.05) is 30.1 Å². The molecule has 1 aliphatic heterocycles. The van der Waals surface area contributed by atoms with Crippen LogP contribution in [0.3, 0.4) is 0 Å². The van der Waals surface area contributed by atoms with Crippen molar-refractivity contribution < 1.29 is 23.5 Å². The van der Waals surface area contributed by atoms with E-state index in [1.807, 2.05) is 30.3 Å². The lowest BCUT2D eigenvalue weighted by atomic mass is 10.1. The molecule has 2 aromatic heterocycles. The third kappa shape index (κ3) is 5.80. The number of carbonyl (C=O) groups is 2. The first-order valence-electron chi connectivity index (χ1n) is 11.0. The average Bonchev–Trinajstić information content (AvgIpc) is 3.23. The molecule has 4 rings (SSSR count). The Labute approximate surface area is 197 Å². The quantitative estimate of drug-likeness (QED) is 0.526. The molecule has 2 N–H and O–H groups in total. The lowest BCUT2D eigenvalue weighted by Gasteiger charge is -2.19. The molecule has 3 heterocycles. The third-order valence-electron chi connectivity index (χ3n) is 5.24. The highest BCUT2D eigenvalue weighted by Gasteiger charge is 2.21. The van der Waals surface area contributed by atoms with E-state index < -0.39 is 0 Å². The van der Waals surface area contributed by atoms with Crippen LogP contribution in [0.1, 0.15) is 30.4 Å². The van der Waals surface area contributed by atoms with Gasteiger partial charge in [-0.05, 0) is 50.1 Å². The van der Waals surface area contributed by atoms with Crippen LogP contribution in [0.15, 0.2) is 64.7 Å². The van der Waals surface area contributed by atoms with Crippen molar-refractivity contribution >= 4 is 17.5 Å². The summed E-state index contributed by atoms with van der Waals surface area (Å²) in [6.45, 7) is 4.42. The topological polar surface area (TPSA) is 116 Å². The maximum absolute atomic E-state index is 12.4. The molecule has 0 atom stereocenters. The molecular formula is C25H26N4O5. The van der Waals surface area contributed by atoms with Crippen LogP contribution in [-0.2, 0) is 32.0 Å². The van der Waals surface area contributed by atoms with Crippen molar-refractivity contribution in [3.8, 4) is 11.5 Å². The van der Waals surface area contributed by atoms with Crippen molar-refractivity contribution in [3.63, 3.8) is 0 Å². The molecule has 0 fully saturated rings. The fraction of sp³-hybridized carbons (Fsp3) is 0.280. The minimum atomic E-state index is -0.364. The molecule has 1 aliphatic rings. The lowest BCUT2D eigenvalue weighted by molar-refractivity contribution is -0.123. The summed E-state index contributed by atoms with van der Waals surface area (Å²) in [5, 5.41) is 5.69. The number of amides is 2. The number of hydrogen-bond donors (Lipinski definition) is 2. The van der Waals surface area contributed by atoms with E-state index in [2.05, 4.69) is 20.6 Å². The Balaban J connectivity index is 1.37. The summed E-state index contributed by atoms with van der Waals surface area (Å²) in [6.07, 6.45) is 4.42. The summed E-state index contributed by atoms with van der Waals surface area (Å²) in [6, 6.07) is 11.1. The van der Waals surface area contributed by atoms with Gasteiger partial charge in [0.2, 0.25) is 17.6 Å². The third-order valence-corrected chi connectivity index (χ3v) is 5.24. The minimum absolute atomic E-state index is 0.0912. The fourth-order valence-corrected chi connectivity index (χ4v) is 3.45. The van der Waals surface area contributed by atoms with E-state index in [0.29, 0.717) is 60.4 Å². The van der Waals surface area contributed by atoms with Crippen LogP contribution < -0.4 is 10.6 Å². The van der Waals surface area contributed by atoms with Gasteiger partial charge in [-0.3, -0.25) is 14.6 Å². The normalized spacial score (nSPS) is 13.1. The summed E-state index contributed by atoms with van der Waals surface area (Å²) >= 11 is 0. The number of allylic oxidation sites excluding steroid dienone is 1. The molecular weight excluding hydrogens is 436 g/mol. The van der Waals surface area contributed by atoms with Gasteiger partial charge in [-0.25, -0.2) is 4.98 Å². The van der Waals surface area contributed by atoms with Gasteiger partial charge in [0.25, 0.3) is 5.91 Å². The molecule has 0 spiro atoms. The molecule has 0 bridgehead atoms. The van der Waals surface area contributed by atoms with Crippen LogP contribution in [-0.4, -0.2) is 35.0 Å². The van der Waals surface area contributed by atoms with E-state index in [0.717, 1.165) is 5.56 Å². The Morgan fingerprint density at radius 3 is 2.74 bits per heavy atom. The predicted octanol–water partition coefficient (Wildman–Crippen LogP) is 3.51. The first-order valence-corrected chi connectivity index (χ1v) is 11.0. The number of hydrogen-bond acceptors (Lipinski definition) is 7. The zero-order chi connectivity index (χ0) is 23.9. The van der Waals surface area contributed by atoms with Crippen molar-refractivity contribution in [2.75, 3.05) is 18.5 Å². The molecule has 176 valence electrons. The van der Waals surface area contributed by atoms with Crippen LogP contribution >= 0.6 is 0 Å². The molecule has 9 nitrogen and oxygen atoms in total. The van der Waals surface area contributed by atoms with Gasteiger partial charge in [0.1, 0.15) is 30.4 Å². The van der Waals surface area contributed by atoms with Crippen molar-refractivity contribution in [1.82, 2.24) is 15.3 Å². The number of oxazole rings is 1. The second-order valence-electron chi connectivity index (χ2n) is 7.78. The second-order valence-corrected chi connectivity index (χ2v) is 7.78. The van der Waals surface area contributed by atoms with E-state index in [4.69, 9.17) is 13.9 Å². The van der Waals surface area contributed by atoms with Gasteiger partial charge in [-0.2, -0.15) is 0 Å². The van der Waals surface area contributed by atoms with Crippen LogP contribution in [0.2, 0.25) is 0 Å². The van der Waals surface area contributed by atoms with Gasteiger partial charge < -0.3 is 24.5 Å². The van der Waals surface area contributed by atoms with E-state index in [1.165, 1.54) is 0 Å². The highest BCUT2D eigenvalue weighted by atomic mass is 16.6. The molecule has 0 saturated carbocycles. The fourth-order valence-electron chi connectivity index (χ4n) is 3.45. The average molecular weight is 463 g/mol. The second kappa shape index (κ2) is 10.7.